The molecule has 0 saturated carbocycles. The molecule has 0 saturated heterocycles. The van der Waals surface area contributed by atoms with E-state index in [1.807, 2.05) is 20.8 Å². The molecule has 21 heavy (non-hydrogen) atoms. The molecule has 0 amide bonds. The summed E-state index contributed by atoms with van der Waals surface area (Å²) in [6.45, 7) is 5.63. The van der Waals surface area contributed by atoms with Crippen LogP contribution in [0.5, 0.6) is 6.01 Å². The normalized spacial score (nSPS) is 10.6. The van der Waals surface area contributed by atoms with Crippen LogP contribution in [0.4, 0.5) is 22.0 Å². The van der Waals surface area contributed by atoms with Gasteiger partial charge in [-0.3, -0.25) is 0 Å². The summed E-state index contributed by atoms with van der Waals surface area (Å²) in [5.41, 5.74) is 1.48. The van der Waals surface area contributed by atoms with Crippen LogP contribution in [-0.2, 0) is 0 Å². The molecule has 1 aromatic carbocycles. The number of ether oxygens (including phenoxy) is 1. The maximum atomic E-state index is 13.3. The number of nitrogens with one attached hydrogen (secondary N) is 2. The number of rotatable bonds is 5. The van der Waals surface area contributed by atoms with Gasteiger partial charge in [-0.25, -0.2) is 4.39 Å². The summed E-state index contributed by atoms with van der Waals surface area (Å²) in [6, 6.07) is 4.69. The second-order valence-corrected chi connectivity index (χ2v) is 4.77. The topological polar surface area (TPSA) is 72.0 Å². The lowest BCUT2D eigenvalue weighted by Gasteiger charge is -2.12. The number of aryl methyl sites for hydroxylation is 1. The van der Waals surface area contributed by atoms with Crippen LogP contribution in [0.2, 0.25) is 0 Å². The third-order valence-electron chi connectivity index (χ3n) is 2.63. The molecule has 6 nitrogen and oxygen atoms in total. The van der Waals surface area contributed by atoms with Crippen LogP contribution in [0.3, 0.4) is 0 Å². The summed E-state index contributed by atoms with van der Waals surface area (Å²) in [4.78, 5) is 12.5. The first-order valence-electron chi connectivity index (χ1n) is 6.61. The number of nitrogens with zero attached hydrogens (tertiary/aromatic N) is 3. The molecule has 7 heteroatoms. The first kappa shape index (κ1) is 15.0. The lowest BCUT2D eigenvalue weighted by molar-refractivity contribution is 0.222. The quantitative estimate of drug-likeness (QED) is 0.882. The number of aromatic nitrogens is 3. The standard InChI is InChI=1S/C14H18FN5O/c1-8(2)21-14-19-12(16-4)18-13(20-14)17-11-7-10(15)6-5-9(11)3/h5-8H,1-4H3,(H2,16,17,18,19,20). The van der Waals surface area contributed by atoms with Crippen molar-refractivity contribution >= 4 is 17.6 Å². The van der Waals surface area contributed by atoms with Crippen molar-refractivity contribution in [2.75, 3.05) is 17.7 Å². The van der Waals surface area contributed by atoms with E-state index in [1.165, 1.54) is 12.1 Å². The maximum Gasteiger partial charge on any atom is 0.323 e. The van der Waals surface area contributed by atoms with Gasteiger partial charge in [0, 0.05) is 12.7 Å². The minimum Gasteiger partial charge on any atom is -0.461 e. The largest absolute Gasteiger partial charge is 0.461 e. The van der Waals surface area contributed by atoms with Crippen LogP contribution < -0.4 is 15.4 Å². The van der Waals surface area contributed by atoms with Crippen molar-refractivity contribution in [1.29, 1.82) is 0 Å². The summed E-state index contributed by atoms with van der Waals surface area (Å²) in [7, 11) is 1.70. The molecule has 112 valence electrons. The van der Waals surface area contributed by atoms with Gasteiger partial charge in [-0.2, -0.15) is 15.0 Å². The van der Waals surface area contributed by atoms with Gasteiger partial charge in [0.2, 0.25) is 11.9 Å². The Labute approximate surface area is 122 Å². The molecule has 1 heterocycles. The molecule has 0 aliphatic rings. The van der Waals surface area contributed by atoms with Gasteiger partial charge in [-0.1, -0.05) is 6.07 Å². The van der Waals surface area contributed by atoms with Gasteiger partial charge in [0.15, 0.2) is 0 Å². The average Bonchev–Trinajstić information content (AvgIpc) is 2.42. The molecule has 0 radical (unpaired) electrons. The predicted molar refractivity (Wildman–Crippen MR) is 79.6 cm³/mol. The number of benzene rings is 1. The Balaban J connectivity index is 2.32. The number of hydrogen-bond donors (Lipinski definition) is 2. The number of hydrogen-bond acceptors (Lipinski definition) is 6. The Morgan fingerprint density at radius 1 is 1.14 bits per heavy atom. The molecule has 0 bridgehead atoms. The van der Waals surface area contributed by atoms with Crippen molar-refractivity contribution in [3.8, 4) is 6.01 Å². The third-order valence-corrected chi connectivity index (χ3v) is 2.63. The Bertz CT molecular complexity index is 633. The van der Waals surface area contributed by atoms with Gasteiger partial charge in [0.25, 0.3) is 0 Å². The van der Waals surface area contributed by atoms with E-state index in [9.17, 15) is 4.39 Å². The fraction of sp³-hybridized carbons (Fsp3) is 0.357. The minimum atomic E-state index is -0.329. The maximum absolute atomic E-state index is 13.3. The highest BCUT2D eigenvalue weighted by atomic mass is 19.1. The van der Waals surface area contributed by atoms with E-state index in [0.29, 0.717) is 17.6 Å². The third kappa shape index (κ3) is 4.01. The molecular weight excluding hydrogens is 273 g/mol. The molecule has 0 unspecified atom stereocenters. The molecule has 0 aliphatic carbocycles. The predicted octanol–water partition coefficient (Wildman–Crippen LogP) is 2.89. The van der Waals surface area contributed by atoms with Gasteiger partial charge in [-0.15, -0.1) is 0 Å². The van der Waals surface area contributed by atoms with Crippen molar-refractivity contribution in [2.24, 2.45) is 0 Å². The Morgan fingerprint density at radius 2 is 1.86 bits per heavy atom. The fourth-order valence-electron chi connectivity index (χ4n) is 1.64. The molecule has 0 atom stereocenters. The van der Waals surface area contributed by atoms with Crippen molar-refractivity contribution in [1.82, 2.24) is 15.0 Å². The lowest BCUT2D eigenvalue weighted by Crippen LogP contribution is -2.12. The molecule has 2 aromatic rings. The monoisotopic (exact) mass is 291 g/mol. The first-order chi connectivity index (χ1) is 9.97. The van der Waals surface area contributed by atoms with Crippen LogP contribution in [0.25, 0.3) is 0 Å². The van der Waals surface area contributed by atoms with Crippen LogP contribution >= 0.6 is 0 Å². The summed E-state index contributed by atoms with van der Waals surface area (Å²) in [5.74, 6) is 0.334. The van der Waals surface area contributed by atoms with Gasteiger partial charge in [0.1, 0.15) is 5.82 Å². The van der Waals surface area contributed by atoms with E-state index in [2.05, 4.69) is 25.6 Å². The van der Waals surface area contributed by atoms with Gasteiger partial charge in [0.05, 0.1) is 6.10 Å². The summed E-state index contributed by atoms with van der Waals surface area (Å²) < 4.78 is 18.8. The Morgan fingerprint density at radius 3 is 2.52 bits per heavy atom. The molecule has 0 spiro atoms. The summed E-state index contributed by atoms with van der Waals surface area (Å²) in [6.07, 6.45) is -0.0548. The summed E-state index contributed by atoms with van der Waals surface area (Å²) >= 11 is 0. The smallest absolute Gasteiger partial charge is 0.323 e. The van der Waals surface area contributed by atoms with Crippen molar-refractivity contribution in [3.63, 3.8) is 0 Å². The minimum absolute atomic E-state index is 0.0548. The zero-order valence-electron chi connectivity index (χ0n) is 12.4. The summed E-state index contributed by atoms with van der Waals surface area (Å²) in [5, 5.41) is 5.82. The van der Waals surface area contributed by atoms with Gasteiger partial charge >= 0.3 is 6.01 Å². The second-order valence-electron chi connectivity index (χ2n) is 4.77. The van der Waals surface area contributed by atoms with E-state index in [0.717, 1.165) is 5.56 Å². The van der Waals surface area contributed by atoms with E-state index in [4.69, 9.17) is 4.74 Å². The lowest BCUT2D eigenvalue weighted by atomic mass is 10.2. The molecule has 0 aliphatic heterocycles. The molecule has 2 rings (SSSR count). The van der Waals surface area contributed by atoms with Crippen LogP contribution in [0.1, 0.15) is 19.4 Å². The number of anilines is 3. The highest BCUT2D eigenvalue weighted by Gasteiger charge is 2.10. The van der Waals surface area contributed by atoms with Crippen LogP contribution in [0.15, 0.2) is 18.2 Å². The Kier molecular flexibility index (Phi) is 4.52. The number of halogens is 1. The zero-order valence-corrected chi connectivity index (χ0v) is 12.4. The van der Waals surface area contributed by atoms with Crippen molar-refractivity contribution in [3.05, 3.63) is 29.6 Å². The highest BCUT2D eigenvalue weighted by molar-refractivity contribution is 5.58. The molecule has 1 aromatic heterocycles. The van der Waals surface area contributed by atoms with Gasteiger partial charge < -0.3 is 15.4 Å². The van der Waals surface area contributed by atoms with Crippen molar-refractivity contribution in [2.45, 2.75) is 26.9 Å². The van der Waals surface area contributed by atoms with Crippen LogP contribution in [0, 0.1) is 12.7 Å². The zero-order chi connectivity index (χ0) is 15.4. The molecule has 2 N–H and O–H groups in total. The molecule has 0 fully saturated rings. The average molecular weight is 291 g/mol. The van der Waals surface area contributed by atoms with Crippen LogP contribution in [-0.4, -0.2) is 28.1 Å². The van der Waals surface area contributed by atoms with Crippen molar-refractivity contribution < 1.29 is 9.13 Å². The fourth-order valence-corrected chi connectivity index (χ4v) is 1.64. The first-order valence-corrected chi connectivity index (χ1v) is 6.61. The second kappa shape index (κ2) is 6.34. The van der Waals surface area contributed by atoms with E-state index in [-0.39, 0.29) is 17.9 Å². The van der Waals surface area contributed by atoms with Gasteiger partial charge in [-0.05, 0) is 38.5 Å². The SMILES string of the molecule is CNc1nc(Nc2cc(F)ccc2C)nc(OC(C)C)n1. The van der Waals surface area contributed by atoms with E-state index >= 15 is 0 Å². The van der Waals surface area contributed by atoms with E-state index < -0.39 is 0 Å². The van der Waals surface area contributed by atoms with E-state index in [1.54, 1.807) is 13.1 Å². The highest BCUT2D eigenvalue weighted by Crippen LogP contribution is 2.21. The molecular formula is C14H18FN5O. The Hall–Kier alpha value is -2.44.